The van der Waals surface area contributed by atoms with Crippen LogP contribution in [0.3, 0.4) is 0 Å². The van der Waals surface area contributed by atoms with Crippen molar-refractivity contribution in [3.05, 3.63) is 25.3 Å². The fourth-order valence-electron chi connectivity index (χ4n) is 0.903. The summed E-state index contributed by atoms with van der Waals surface area (Å²) in [5.41, 5.74) is 0. The van der Waals surface area contributed by atoms with Crippen LogP contribution in [0.15, 0.2) is 25.3 Å². The van der Waals surface area contributed by atoms with E-state index in [0.29, 0.717) is 0 Å². The highest BCUT2D eigenvalue weighted by molar-refractivity contribution is 6.56. The van der Waals surface area contributed by atoms with Gasteiger partial charge in [0.1, 0.15) is 8.96 Å². The van der Waals surface area contributed by atoms with Crippen LogP contribution in [0.1, 0.15) is 0 Å². The van der Waals surface area contributed by atoms with E-state index in [9.17, 15) is 0 Å². The highest BCUT2D eigenvalue weighted by Gasteiger charge is 2.08. The molecule has 3 heteroatoms. The van der Waals surface area contributed by atoms with Gasteiger partial charge in [0.2, 0.25) is 0 Å². The molecule has 0 amide bonds. The van der Waals surface area contributed by atoms with Gasteiger partial charge in [0.05, 0.1) is 0 Å². The summed E-state index contributed by atoms with van der Waals surface area (Å²) in [4.78, 5) is 0. The van der Waals surface area contributed by atoms with Gasteiger partial charge >= 0.3 is 0 Å². The SMILES string of the molecule is C=CC[SiH](CC=C)N(C)C.CNC. The number of nitrogens with zero attached hydrogens (tertiary/aromatic N) is 1. The van der Waals surface area contributed by atoms with Crippen LogP contribution in [0.4, 0.5) is 0 Å². The van der Waals surface area contributed by atoms with E-state index < -0.39 is 8.96 Å². The van der Waals surface area contributed by atoms with Gasteiger partial charge in [0, 0.05) is 0 Å². The highest BCUT2D eigenvalue weighted by atomic mass is 28.3. The Morgan fingerprint density at radius 2 is 1.46 bits per heavy atom. The molecule has 0 aromatic carbocycles. The van der Waals surface area contributed by atoms with Crippen molar-refractivity contribution in [2.24, 2.45) is 0 Å². The Hall–Kier alpha value is -0.383. The minimum absolute atomic E-state index is 0.710. The molecular weight excluding hydrogens is 176 g/mol. The largest absolute Gasteiger partial charge is 0.331 e. The van der Waals surface area contributed by atoms with Gasteiger partial charge in [-0.05, 0) is 40.3 Å². The van der Waals surface area contributed by atoms with E-state index in [1.807, 2.05) is 26.2 Å². The van der Waals surface area contributed by atoms with Crippen molar-refractivity contribution >= 4 is 8.96 Å². The van der Waals surface area contributed by atoms with E-state index in [2.05, 4.69) is 37.1 Å². The second kappa shape index (κ2) is 11.6. The molecule has 0 aliphatic rings. The van der Waals surface area contributed by atoms with Crippen LogP contribution in [0.2, 0.25) is 12.1 Å². The van der Waals surface area contributed by atoms with Crippen LogP contribution in [0, 0.1) is 0 Å². The minimum atomic E-state index is -0.710. The third kappa shape index (κ3) is 11.6. The van der Waals surface area contributed by atoms with Gasteiger partial charge in [-0.1, -0.05) is 12.2 Å². The molecule has 13 heavy (non-hydrogen) atoms. The van der Waals surface area contributed by atoms with Crippen molar-refractivity contribution in [1.29, 1.82) is 0 Å². The van der Waals surface area contributed by atoms with Gasteiger partial charge in [0.25, 0.3) is 0 Å². The third-order valence-electron chi connectivity index (χ3n) is 1.61. The first-order chi connectivity index (χ1) is 6.13. The Balaban J connectivity index is 0. The van der Waals surface area contributed by atoms with E-state index >= 15 is 0 Å². The lowest BCUT2D eigenvalue weighted by Crippen LogP contribution is -2.31. The maximum atomic E-state index is 3.74. The van der Waals surface area contributed by atoms with Crippen molar-refractivity contribution < 1.29 is 0 Å². The smallest absolute Gasteiger partial charge is 0.118 e. The van der Waals surface area contributed by atoms with E-state index in [0.717, 1.165) is 0 Å². The fraction of sp³-hybridized carbons (Fsp3) is 0.600. The van der Waals surface area contributed by atoms with Crippen LogP contribution < -0.4 is 5.32 Å². The molecule has 2 nitrogen and oxygen atoms in total. The number of allylic oxidation sites excluding steroid dienone is 2. The molecule has 78 valence electrons. The molecule has 0 radical (unpaired) electrons. The molecule has 0 saturated heterocycles. The van der Waals surface area contributed by atoms with Crippen LogP contribution in [0.5, 0.6) is 0 Å². The van der Waals surface area contributed by atoms with E-state index in [-0.39, 0.29) is 0 Å². The highest BCUT2D eigenvalue weighted by Crippen LogP contribution is 2.02. The van der Waals surface area contributed by atoms with Crippen molar-refractivity contribution in [3.63, 3.8) is 0 Å². The first-order valence-corrected chi connectivity index (χ1v) is 6.75. The van der Waals surface area contributed by atoms with Crippen molar-refractivity contribution in [2.45, 2.75) is 12.1 Å². The van der Waals surface area contributed by atoms with Crippen LogP contribution >= 0.6 is 0 Å². The second-order valence-electron chi connectivity index (χ2n) is 3.17. The molecule has 0 heterocycles. The fourth-order valence-corrected chi connectivity index (χ4v) is 2.71. The van der Waals surface area contributed by atoms with Crippen molar-refractivity contribution in [2.75, 3.05) is 28.2 Å². The molecule has 1 N–H and O–H groups in total. The topological polar surface area (TPSA) is 15.3 Å². The number of hydrogen-bond acceptors (Lipinski definition) is 2. The maximum Gasteiger partial charge on any atom is 0.118 e. The van der Waals surface area contributed by atoms with Gasteiger partial charge in [0.15, 0.2) is 0 Å². The van der Waals surface area contributed by atoms with Crippen molar-refractivity contribution in [1.82, 2.24) is 9.88 Å². The summed E-state index contributed by atoms with van der Waals surface area (Å²) in [6, 6.07) is 2.36. The molecule has 0 rings (SSSR count). The molecule has 0 aliphatic heterocycles. The molecule has 0 aromatic rings. The molecule has 0 fully saturated rings. The summed E-state index contributed by atoms with van der Waals surface area (Å²) >= 11 is 0. The van der Waals surface area contributed by atoms with E-state index in [1.54, 1.807) is 0 Å². The Morgan fingerprint density at radius 1 is 1.15 bits per heavy atom. The molecule has 0 atom stereocenters. The standard InChI is InChI=1S/C8H17NSi.C2H7N/c1-5-7-10(8-6-2)9(3)4;1-3-2/h5-6,10H,1-2,7-8H2,3-4H3;3H,1-2H3. The molecule has 0 saturated carbocycles. The summed E-state index contributed by atoms with van der Waals surface area (Å²) in [5.74, 6) is 0. The number of rotatable bonds is 5. The number of nitrogens with one attached hydrogen (secondary N) is 1. The summed E-state index contributed by atoms with van der Waals surface area (Å²) in [7, 11) is 7.33. The zero-order valence-corrected chi connectivity index (χ0v) is 10.7. The zero-order chi connectivity index (χ0) is 10.7. The summed E-state index contributed by atoms with van der Waals surface area (Å²) in [5, 5.41) is 2.75. The van der Waals surface area contributed by atoms with Crippen LogP contribution in [-0.4, -0.2) is 41.7 Å². The predicted molar refractivity (Wildman–Crippen MR) is 65.8 cm³/mol. The quantitative estimate of drug-likeness (QED) is 0.534. The van der Waals surface area contributed by atoms with Gasteiger partial charge in [-0.2, -0.15) is 0 Å². The van der Waals surface area contributed by atoms with Gasteiger partial charge < -0.3 is 9.88 Å². The summed E-state index contributed by atoms with van der Waals surface area (Å²) in [6.07, 6.45) is 4.03. The lowest BCUT2D eigenvalue weighted by Gasteiger charge is -2.19. The average Bonchev–Trinajstić information content (AvgIpc) is 2.05. The van der Waals surface area contributed by atoms with Crippen LogP contribution in [0.25, 0.3) is 0 Å². The Bertz CT molecular complexity index is 114. The lowest BCUT2D eigenvalue weighted by atomic mass is 10.7. The minimum Gasteiger partial charge on any atom is -0.331 e. The second-order valence-corrected chi connectivity index (χ2v) is 6.45. The van der Waals surface area contributed by atoms with E-state index in [4.69, 9.17) is 0 Å². The summed E-state index contributed by atoms with van der Waals surface area (Å²) < 4.78 is 2.34. The molecule has 0 unspecified atom stereocenters. The Kier molecular flexibility index (Phi) is 13.5. The molecular formula is C10H24N2Si. The van der Waals surface area contributed by atoms with Crippen LogP contribution in [-0.2, 0) is 0 Å². The monoisotopic (exact) mass is 200 g/mol. The molecule has 0 aromatic heterocycles. The first-order valence-electron chi connectivity index (χ1n) is 4.60. The van der Waals surface area contributed by atoms with Gasteiger partial charge in [-0.15, -0.1) is 13.2 Å². The average molecular weight is 200 g/mol. The molecule has 0 aliphatic carbocycles. The number of hydrogen-bond donors (Lipinski definition) is 1. The normalized spacial score (nSPS) is 9.38. The summed E-state index contributed by atoms with van der Waals surface area (Å²) in [6.45, 7) is 7.48. The third-order valence-corrected chi connectivity index (χ3v) is 4.82. The Labute approximate surface area is 85.0 Å². The zero-order valence-electron chi connectivity index (χ0n) is 9.51. The first kappa shape index (κ1) is 15.1. The van der Waals surface area contributed by atoms with Gasteiger partial charge in [-0.3, -0.25) is 0 Å². The van der Waals surface area contributed by atoms with E-state index in [1.165, 1.54) is 12.1 Å². The molecule has 0 spiro atoms. The Morgan fingerprint density at radius 3 is 1.62 bits per heavy atom. The predicted octanol–water partition coefficient (Wildman–Crippen LogP) is 1.48. The molecule has 0 bridgehead atoms. The maximum absolute atomic E-state index is 3.74. The lowest BCUT2D eigenvalue weighted by molar-refractivity contribution is 0.639. The van der Waals surface area contributed by atoms with Crippen molar-refractivity contribution in [3.8, 4) is 0 Å². The van der Waals surface area contributed by atoms with Gasteiger partial charge in [-0.25, -0.2) is 0 Å².